The molecule has 2 amide bonds. The molecule has 1 aromatic carbocycles. The zero-order chi connectivity index (χ0) is 15.4. The van der Waals surface area contributed by atoms with Gasteiger partial charge < -0.3 is 14.8 Å². The number of halogens is 2. The summed E-state index contributed by atoms with van der Waals surface area (Å²) in [5, 5.41) is 12.9. The number of ether oxygens (including phenoxy) is 2. The molecule has 2 aromatic rings. The van der Waals surface area contributed by atoms with Crippen molar-refractivity contribution in [1.82, 2.24) is 10.2 Å². The average Bonchev–Trinajstić information content (AvgIpc) is 2.84. The van der Waals surface area contributed by atoms with Crippen LogP contribution in [0.3, 0.4) is 0 Å². The minimum Gasteiger partial charge on any atom is -0.495 e. The first kappa shape index (κ1) is 15.6. The fourth-order valence-electron chi connectivity index (χ4n) is 1.46. The predicted octanol–water partition coefficient (Wildman–Crippen LogP) is 3.51. The van der Waals surface area contributed by atoms with E-state index < -0.39 is 6.03 Å². The molecular weight excluding hydrogens is 339 g/mol. The molecule has 0 unspecified atom stereocenters. The normalized spacial score (nSPS) is 10.1. The summed E-state index contributed by atoms with van der Waals surface area (Å²) in [4.78, 5) is 11.9. The molecule has 0 radical (unpaired) electrons. The van der Waals surface area contributed by atoms with Gasteiger partial charge in [0.15, 0.2) is 0 Å². The van der Waals surface area contributed by atoms with E-state index in [1.165, 1.54) is 20.3 Å². The number of carbonyl (C=O) groups excluding carboxylic acids is 1. The van der Waals surface area contributed by atoms with E-state index in [1.807, 2.05) is 0 Å². The standard InChI is InChI=1S/C11H10Cl2N4O3S/c1-19-7-4-8(20-2)6(3-5(7)12)14-10(18)15-11-17-16-9(13)21-11/h3-4H,1-2H3,(H2,14,15,17,18). The zero-order valence-corrected chi connectivity index (χ0v) is 13.3. The number of benzene rings is 1. The average molecular weight is 349 g/mol. The molecule has 1 aromatic heterocycles. The number of aromatic nitrogens is 2. The van der Waals surface area contributed by atoms with Crippen LogP contribution in [0.2, 0.25) is 9.49 Å². The lowest BCUT2D eigenvalue weighted by molar-refractivity contribution is 0.262. The number of urea groups is 1. The van der Waals surface area contributed by atoms with Crippen molar-refractivity contribution in [3.05, 3.63) is 21.6 Å². The molecule has 0 bridgehead atoms. The molecule has 0 aliphatic rings. The van der Waals surface area contributed by atoms with E-state index in [2.05, 4.69) is 20.8 Å². The van der Waals surface area contributed by atoms with Crippen LogP contribution in [-0.4, -0.2) is 30.4 Å². The van der Waals surface area contributed by atoms with Gasteiger partial charge >= 0.3 is 6.03 Å². The third-order valence-electron chi connectivity index (χ3n) is 2.34. The first-order valence-corrected chi connectivity index (χ1v) is 7.09. The minimum absolute atomic E-state index is 0.232. The van der Waals surface area contributed by atoms with Crippen LogP contribution < -0.4 is 20.1 Å². The fourth-order valence-corrected chi connectivity index (χ4v) is 2.43. The van der Waals surface area contributed by atoms with Gasteiger partial charge in [-0.2, -0.15) is 0 Å². The molecule has 0 saturated heterocycles. The van der Waals surface area contributed by atoms with E-state index in [0.29, 0.717) is 22.2 Å². The quantitative estimate of drug-likeness (QED) is 0.882. The molecule has 0 fully saturated rings. The lowest BCUT2D eigenvalue weighted by Gasteiger charge is -2.12. The van der Waals surface area contributed by atoms with Gasteiger partial charge in [0.1, 0.15) is 11.5 Å². The highest BCUT2D eigenvalue weighted by atomic mass is 35.5. The number of methoxy groups -OCH3 is 2. The molecule has 0 aliphatic carbocycles. The van der Waals surface area contributed by atoms with Gasteiger partial charge in [0, 0.05) is 6.07 Å². The Morgan fingerprint density at radius 1 is 1.14 bits per heavy atom. The number of nitrogens with one attached hydrogen (secondary N) is 2. The SMILES string of the molecule is COc1cc(OC)c(NC(=O)Nc2nnc(Cl)s2)cc1Cl. The molecule has 21 heavy (non-hydrogen) atoms. The Labute approximate surface area is 134 Å². The maximum Gasteiger partial charge on any atom is 0.325 e. The second kappa shape index (κ2) is 6.79. The van der Waals surface area contributed by atoms with Crippen LogP contribution in [0.15, 0.2) is 12.1 Å². The van der Waals surface area contributed by atoms with Gasteiger partial charge in [-0.05, 0) is 17.7 Å². The van der Waals surface area contributed by atoms with Crippen LogP contribution in [0, 0.1) is 0 Å². The summed E-state index contributed by atoms with van der Waals surface area (Å²) in [6.45, 7) is 0. The summed E-state index contributed by atoms with van der Waals surface area (Å²) < 4.78 is 10.5. The maximum atomic E-state index is 11.9. The minimum atomic E-state index is -0.526. The molecule has 0 spiro atoms. The smallest absolute Gasteiger partial charge is 0.325 e. The van der Waals surface area contributed by atoms with Gasteiger partial charge in [0.2, 0.25) is 9.60 Å². The Morgan fingerprint density at radius 3 is 2.43 bits per heavy atom. The highest BCUT2D eigenvalue weighted by molar-refractivity contribution is 7.19. The molecule has 10 heteroatoms. The molecule has 7 nitrogen and oxygen atoms in total. The number of hydrogen-bond acceptors (Lipinski definition) is 6. The topological polar surface area (TPSA) is 85.4 Å². The van der Waals surface area contributed by atoms with Crippen LogP contribution in [0.5, 0.6) is 11.5 Å². The van der Waals surface area contributed by atoms with Crippen molar-refractivity contribution in [3.8, 4) is 11.5 Å². The second-order valence-corrected chi connectivity index (χ2v) is 5.59. The van der Waals surface area contributed by atoms with Gasteiger partial charge in [-0.3, -0.25) is 5.32 Å². The molecule has 1 heterocycles. The summed E-state index contributed by atoms with van der Waals surface area (Å²) in [7, 11) is 2.95. The third kappa shape index (κ3) is 3.87. The largest absolute Gasteiger partial charge is 0.495 e. The highest BCUT2D eigenvalue weighted by Gasteiger charge is 2.13. The molecule has 0 atom stereocenters. The van der Waals surface area contributed by atoms with E-state index in [-0.39, 0.29) is 9.60 Å². The van der Waals surface area contributed by atoms with E-state index in [1.54, 1.807) is 6.07 Å². The Hall–Kier alpha value is -1.77. The number of nitrogens with zero attached hydrogens (tertiary/aromatic N) is 2. The lowest BCUT2D eigenvalue weighted by Crippen LogP contribution is -2.19. The van der Waals surface area contributed by atoms with E-state index in [0.717, 1.165) is 11.3 Å². The van der Waals surface area contributed by atoms with Gasteiger partial charge in [-0.25, -0.2) is 4.79 Å². The van der Waals surface area contributed by atoms with Gasteiger partial charge in [0.05, 0.1) is 24.9 Å². The van der Waals surface area contributed by atoms with Gasteiger partial charge in [-0.15, -0.1) is 10.2 Å². The van der Waals surface area contributed by atoms with Crippen molar-refractivity contribution >= 4 is 51.4 Å². The highest BCUT2D eigenvalue weighted by Crippen LogP contribution is 2.35. The number of amides is 2. The summed E-state index contributed by atoms with van der Waals surface area (Å²) in [6.07, 6.45) is 0. The Bertz CT molecular complexity index is 665. The van der Waals surface area contributed by atoms with E-state index in [4.69, 9.17) is 32.7 Å². The number of anilines is 2. The number of carbonyl (C=O) groups is 1. The molecule has 2 N–H and O–H groups in total. The van der Waals surface area contributed by atoms with Crippen LogP contribution in [0.25, 0.3) is 0 Å². The van der Waals surface area contributed by atoms with Crippen LogP contribution >= 0.6 is 34.5 Å². The Balaban J connectivity index is 2.14. The van der Waals surface area contributed by atoms with Crippen molar-refractivity contribution in [3.63, 3.8) is 0 Å². The molecule has 0 aliphatic heterocycles. The van der Waals surface area contributed by atoms with Crippen LogP contribution in [0.4, 0.5) is 15.6 Å². The third-order valence-corrected chi connectivity index (χ3v) is 3.57. The number of rotatable bonds is 4. The molecule has 2 rings (SSSR count). The summed E-state index contributed by atoms with van der Waals surface area (Å²) in [5.41, 5.74) is 0.386. The van der Waals surface area contributed by atoms with Crippen molar-refractivity contribution in [2.75, 3.05) is 24.9 Å². The first-order valence-electron chi connectivity index (χ1n) is 5.52. The Kier molecular flexibility index (Phi) is 5.05. The van der Waals surface area contributed by atoms with Gasteiger partial charge in [0.25, 0.3) is 0 Å². The summed E-state index contributed by atoms with van der Waals surface area (Å²) in [5.74, 6) is 0.845. The monoisotopic (exact) mass is 348 g/mol. The second-order valence-electron chi connectivity index (χ2n) is 3.63. The summed E-state index contributed by atoms with van der Waals surface area (Å²) >= 11 is 12.7. The summed E-state index contributed by atoms with van der Waals surface area (Å²) in [6, 6.07) is 2.56. The van der Waals surface area contributed by atoms with Crippen LogP contribution in [0.1, 0.15) is 0 Å². The lowest BCUT2D eigenvalue weighted by atomic mass is 10.2. The molecule has 112 valence electrons. The molecular formula is C11H10Cl2N4O3S. The van der Waals surface area contributed by atoms with Crippen LogP contribution in [-0.2, 0) is 0 Å². The fraction of sp³-hybridized carbons (Fsp3) is 0.182. The van der Waals surface area contributed by atoms with Gasteiger partial charge in [-0.1, -0.05) is 22.9 Å². The Morgan fingerprint density at radius 2 is 1.86 bits per heavy atom. The van der Waals surface area contributed by atoms with Crippen molar-refractivity contribution < 1.29 is 14.3 Å². The van der Waals surface area contributed by atoms with E-state index in [9.17, 15) is 4.79 Å². The molecule has 0 saturated carbocycles. The maximum absolute atomic E-state index is 11.9. The van der Waals surface area contributed by atoms with E-state index >= 15 is 0 Å². The van der Waals surface area contributed by atoms with Crippen molar-refractivity contribution in [2.45, 2.75) is 0 Å². The zero-order valence-electron chi connectivity index (χ0n) is 10.9. The van der Waals surface area contributed by atoms with Crippen molar-refractivity contribution in [2.24, 2.45) is 0 Å². The first-order chi connectivity index (χ1) is 10.0. The predicted molar refractivity (Wildman–Crippen MR) is 82.1 cm³/mol. The number of hydrogen-bond donors (Lipinski definition) is 2. The van der Waals surface area contributed by atoms with Crippen molar-refractivity contribution in [1.29, 1.82) is 0 Å².